The zero-order valence-corrected chi connectivity index (χ0v) is 12.0. The molecule has 2 atom stereocenters. The van der Waals surface area contributed by atoms with Crippen LogP contribution in [0.2, 0.25) is 0 Å². The minimum atomic E-state index is 0.143. The first kappa shape index (κ1) is 12.1. The molecule has 3 fully saturated rings. The molecule has 3 aliphatic rings. The van der Waals surface area contributed by atoms with Gasteiger partial charge in [-0.15, -0.1) is 0 Å². The highest BCUT2D eigenvalue weighted by atomic mass is 32.1. The van der Waals surface area contributed by atoms with Gasteiger partial charge in [0.1, 0.15) is 5.82 Å². The summed E-state index contributed by atoms with van der Waals surface area (Å²) in [6, 6.07) is 0. The van der Waals surface area contributed by atoms with Gasteiger partial charge >= 0.3 is 0 Å². The summed E-state index contributed by atoms with van der Waals surface area (Å²) >= 11 is 1.55. The summed E-state index contributed by atoms with van der Waals surface area (Å²) < 4.78 is 4.52. The van der Waals surface area contributed by atoms with Crippen LogP contribution in [-0.4, -0.2) is 34.2 Å². The molecular formula is C14H21N3OS. The lowest BCUT2D eigenvalue weighted by atomic mass is 9.69. The summed E-state index contributed by atoms with van der Waals surface area (Å²) in [6.07, 6.45) is 7.57. The average Bonchev–Trinajstić information content (AvgIpc) is 3.05. The van der Waals surface area contributed by atoms with Crippen LogP contribution >= 0.6 is 11.5 Å². The van der Waals surface area contributed by atoms with Gasteiger partial charge in [-0.3, -0.25) is 0 Å². The summed E-state index contributed by atoms with van der Waals surface area (Å²) in [7, 11) is 0. The van der Waals surface area contributed by atoms with Gasteiger partial charge in [-0.2, -0.15) is 4.37 Å². The fourth-order valence-corrected chi connectivity index (χ4v) is 4.60. The number of hydrogen-bond donors (Lipinski definition) is 1. The molecule has 0 spiro atoms. The maximum atomic E-state index is 9.86. The Morgan fingerprint density at radius 1 is 1.32 bits per heavy atom. The van der Waals surface area contributed by atoms with Crippen molar-refractivity contribution in [3.8, 4) is 0 Å². The average molecular weight is 279 g/mol. The van der Waals surface area contributed by atoms with E-state index in [1.807, 2.05) is 0 Å². The number of aliphatic hydroxyl groups is 1. The van der Waals surface area contributed by atoms with Crippen LogP contribution in [0.4, 0.5) is 5.13 Å². The predicted molar refractivity (Wildman–Crippen MR) is 75.6 cm³/mol. The molecule has 1 aliphatic heterocycles. The Labute approximate surface area is 118 Å². The number of anilines is 1. The quantitative estimate of drug-likeness (QED) is 0.923. The number of aliphatic hydroxyl groups excluding tert-OH is 1. The third kappa shape index (κ3) is 1.98. The van der Waals surface area contributed by atoms with Crippen molar-refractivity contribution in [3.63, 3.8) is 0 Å². The van der Waals surface area contributed by atoms with Gasteiger partial charge in [-0.05, 0) is 31.6 Å². The van der Waals surface area contributed by atoms with E-state index in [9.17, 15) is 5.11 Å². The van der Waals surface area contributed by atoms with Crippen LogP contribution in [0, 0.1) is 11.3 Å². The first-order valence-corrected chi connectivity index (χ1v) is 8.27. The molecule has 2 saturated carbocycles. The molecule has 4 rings (SSSR count). The highest BCUT2D eigenvalue weighted by molar-refractivity contribution is 7.09. The van der Waals surface area contributed by atoms with Gasteiger partial charge in [0.2, 0.25) is 5.13 Å². The van der Waals surface area contributed by atoms with Crippen LogP contribution in [0.5, 0.6) is 0 Å². The molecule has 0 amide bonds. The second kappa shape index (κ2) is 4.42. The van der Waals surface area contributed by atoms with Crippen molar-refractivity contribution < 1.29 is 5.11 Å². The molecule has 19 heavy (non-hydrogen) atoms. The lowest BCUT2D eigenvalue weighted by Gasteiger charge is -2.36. The van der Waals surface area contributed by atoms with E-state index in [1.165, 1.54) is 38.5 Å². The zero-order chi connectivity index (χ0) is 12.9. The van der Waals surface area contributed by atoms with Crippen molar-refractivity contribution in [3.05, 3.63) is 5.82 Å². The van der Waals surface area contributed by atoms with Gasteiger partial charge < -0.3 is 10.0 Å². The van der Waals surface area contributed by atoms with Crippen LogP contribution in [-0.2, 0) is 0 Å². The maximum Gasteiger partial charge on any atom is 0.205 e. The van der Waals surface area contributed by atoms with Crippen molar-refractivity contribution >= 4 is 16.7 Å². The van der Waals surface area contributed by atoms with E-state index in [-0.39, 0.29) is 5.41 Å². The van der Waals surface area contributed by atoms with Crippen molar-refractivity contribution in [2.75, 3.05) is 24.6 Å². The monoisotopic (exact) mass is 279 g/mol. The van der Waals surface area contributed by atoms with Gasteiger partial charge in [-0.25, -0.2) is 4.98 Å². The minimum absolute atomic E-state index is 0.143. The molecule has 1 aromatic rings. The van der Waals surface area contributed by atoms with Gasteiger partial charge in [0.05, 0.1) is 6.61 Å². The third-order valence-electron chi connectivity index (χ3n) is 5.25. The van der Waals surface area contributed by atoms with E-state index in [2.05, 4.69) is 9.27 Å². The summed E-state index contributed by atoms with van der Waals surface area (Å²) in [5.74, 6) is 2.36. The molecular weight excluding hydrogens is 258 g/mol. The lowest BCUT2D eigenvalue weighted by molar-refractivity contribution is 0.0627. The second-order valence-corrected chi connectivity index (χ2v) is 7.28. The number of rotatable bonds is 3. The van der Waals surface area contributed by atoms with Gasteiger partial charge in [0, 0.05) is 36.0 Å². The molecule has 2 unspecified atom stereocenters. The SMILES string of the molecule is OCC12CCCCC1CN(c1nc(C3CC3)ns1)C2. The third-order valence-corrected chi connectivity index (χ3v) is 6.04. The largest absolute Gasteiger partial charge is 0.396 e. The highest BCUT2D eigenvalue weighted by Crippen LogP contribution is 2.48. The van der Waals surface area contributed by atoms with Gasteiger partial charge in [-0.1, -0.05) is 12.8 Å². The Hall–Kier alpha value is -0.680. The molecule has 2 heterocycles. The topological polar surface area (TPSA) is 49.2 Å². The normalized spacial score (nSPS) is 34.6. The highest BCUT2D eigenvalue weighted by Gasteiger charge is 2.48. The number of aromatic nitrogens is 2. The van der Waals surface area contributed by atoms with Crippen molar-refractivity contribution in [1.29, 1.82) is 0 Å². The van der Waals surface area contributed by atoms with E-state index in [1.54, 1.807) is 11.5 Å². The molecule has 5 heteroatoms. The number of fused-ring (bicyclic) bond motifs is 1. The van der Waals surface area contributed by atoms with Crippen LogP contribution < -0.4 is 4.90 Å². The van der Waals surface area contributed by atoms with E-state index < -0.39 is 0 Å². The molecule has 2 aliphatic carbocycles. The lowest BCUT2D eigenvalue weighted by Crippen LogP contribution is -2.36. The molecule has 4 nitrogen and oxygen atoms in total. The molecule has 0 radical (unpaired) electrons. The zero-order valence-electron chi connectivity index (χ0n) is 11.2. The van der Waals surface area contributed by atoms with Crippen LogP contribution in [0.25, 0.3) is 0 Å². The van der Waals surface area contributed by atoms with Gasteiger partial charge in [0.25, 0.3) is 0 Å². The van der Waals surface area contributed by atoms with Crippen molar-refractivity contribution in [1.82, 2.24) is 9.36 Å². The fourth-order valence-electron chi connectivity index (χ4n) is 3.85. The Morgan fingerprint density at radius 2 is 2.21 bits per heavy atom. The summed E-state index contributed by atoms with van der Waals surface area (Å²) in [6.45, 7) is 2.38. The molecule has 1 saturated heterocycles. The van der Waals surface area contributed by atoms with Gasteiger partial charge in [0.15, 0.2) is 0 Å². The molecule has 1 aromatic heterocycles. The van der Waals surface area contributed by atoms with E-state index >= 15 is 0 Å². The fraction of sp³-hybridized carbons (Fsp3) is 0.857. The van der Waals surface area contributed by atoms with Crippen molar-refractivity contribution in [2.24, 2.45) is 11.3 Å². The molecule has 1 N–H and O–H groups in total. The van der Waals surface area contributed by atoms with Crippen LogP contribution in [0.15, 0.2) is 0 Å². The first-order valence-electron chi connectivity index (χ1n) is 7.50. The van der Waals surface area contributed by atoms with E-state index in [0.29, 0.717) is 18.4 Å². The van der Waals surface area contributed by atoms with E-state index in [0.717, 1.165) is 24.0 Å². The predicted octanol–water partition coefficient (Wildman–Crippen LogP) is 2.40. The minimum Gasteiger partial charge on any atom is -0.396 e. The number of nitrogens with zero attached hydrogens (tertiary/aromatic N) is 3. The summed E-state index contributed by atoms with van der Waals surface area (Å²) in [5, 5.41) is 10.9. The first-order chi connectivity index (χ1) is 9.31. The van der Waals surface area contributed by atoms with Crippen LogP contribution in [0.1, 0.15) is 50.3 Å². The Morgan fingerprint density at radius 3 is 2.95 bits per heavy atom. The Bertz CT molecular complexity index is 473. The second-order valence-electron chi connectivity index (χ2n) is 6.55. The summed E-state index contributed by atoms with van der Waals surface area (Å²) in [4.78, 5) is 7.11. The van der Waals surface area contributed by atoms with E-state index in [4.69, 9.17) is 4.98 Å². The van der Waals surface area contributed by atoms with Crippen LogP contribution in [0.3, 0.4) is 0 Å². The number of hydrogen-bond acceptors (Lipinski definition) is 5. The molecule has 0 bridgehead atoms. The Balaban J connectivity index is 1.55. The van der Waals surface area contributed by atoms with Crippen molar-refractivity contribution in [2.45, 2.75) is 44.4 Å². The standard InChI is InChI=1S/C14H21N3OS/c18-9-14-6-2-1-3-11(14)7-17(8-14)13-15-12(16-19-13)10-4-5-10/h10-11,18H,1-9H2. The smallest absolute Gasteiger partial charge is 0.205 e. The summed E-state index contributed by atoms with van der Waals surface area (Å²) in [5.41, 5.74) is 0.143. The maximum absolute atomic E-state index is 9.86. The molecule has 104 valence electrons. The molecule has 0 aromatic carbocycles. The Kier molecular flexibility index (Phi) is 2.81.